The van der Waals surface area contributed by atoms with E-state index in [1.807, 2.05) is 6.07 Å². The molecule has 24 heavy (non-hydrogen) atoms. The van der Waals surface area contributed by atoms with Crippen LogP contribution in [0, 0.1) is 11.3 Å². The molecule has 0 aliphatic heterocycles. The Bertz CT molecular complexity index is 872. The summed E-state index contributed by atoms with van der Waals surface area (Å²) >= 11 is 3.30. The van der Waals surface area contributed by atoms with Gasteiger partial charge in [0.15, 0.2) is 0 Å². The van der Waals surface area contributed by atoms with Crippen LogP contribution in [-0.2, 0) is 14.8 Å². The van der Waals surface area contributed by atoms with Gasteiger partial charge in [0.1, 0.15) is 6.54 Å². The van der Waals surface area contributed by atoms with Gasteiger partial charge in [-0.3, -0.25) is 9.10 Å². The molecule has 0 bridgehead atoms. The van der Waals surface area contributed by atoms with E-state index in [1.165, 1.54) is 24.3 Å². The Morgan fingerprint density at radius 1 is 1.17 bits per heavy atom. The lowest BCUT2D eigenvalue weighted by Gasteiger charge is -2.21. The second-order valence-electron chi connectivity index (χ2n) is 4.98. The molecule has 6 nitrogen and oxygen atoms in total. The molecule has 0 fully saturated rings. The minimum Gasteiger partial charge on any atom is -0.325 e. The molecule has 0 spiro atoms. The van der Waals surface area contributed by atoms with Crippen molar-refractivity contribution in [2.24, 2.45) is 0 Å². The summed E-state index contributed by atoms with van der Waals surface area (Å²) in [5, 5.41) is 11.5. The maximum absolute atomic E-state index is 12.2. The number of nitrogens with one attached hydrogen (secondary N) is 1. The fourth-order valence-corrected chi connectivity index (χ4v) is 3.09. The number of nitriles is 1. The lowest BCUT2D eigenvalue weighted by Crippen LogP contribution is -2.37. The lowest BCUT2D eigenvalue weighted by molar-refractivity contribution is -0.114. The van der Waals surface area contributed by atoms with Gasteiger partial charge in [0.25, 0.3) is 0 Å². The lowest BCUT2D eigenvalue weighted by atomic mass is 10.2. The summed E-state index contributed by atoms with van der Waals surface area (Å²) in [6.07, 6.45) is 1.03. The third-order valence-corrected chi connectivity index (χ3v) is 4.77. The second-order valence-corrected chi connectivity index (χ2v) is 7.81. The molecule has 0 atom stereocenters. The zero-order chi connectivity index (χ0) is 17.7. The summed E-state index contributed by atoms with van der Waals surface area (Å²) in [5.74, 6) is -0.466. The Morgan fingerprint density at radius 3 is 2.25 bits per heavy atom. The van der Waals surface area contributed by atoms with Gasteiger partial charge in [0, 0.05) is 10.2 Å². The molecular formula is C16H14BrN3O3S. The van der Waals surface area contributed by atoms with E-state index in [-0.39, 0.29) is 6.54 Å². The van der Waals surface area contributed by atoms with Crippen LogP contribution in [0.4, 0.5) is 11.4 Å². The first-order valence-electron chi connectivity index (χ1n) is 6.83. The highest BCUT2D eigenvalue weighted by Gasteiger charge is 2.20. The number of nitrogens with zero attached hydrogens (tertiary/aromatic N) is 2. The predicted molar refractivity (Wildman–Crippen MR) is 96.1 cm³/mol. The zero-order valence-corrected chi connectivity index (χ0v) is 15.1. The topological polar surface area (TPSA) is 90.3 Å². The molecule has 2 rings (SSSR count). The van der Waals surface area contributed by atoms with Crippen LogP contribution < -0.4 is 9.62 Å². The van der Waals surface area contributed by atoms with Gasteiger partial charge in [0.05, 0.1) is 23.6 Å². The van der Waals surface area contributed by atoms with Crippen molar-refractivity contribution in [2.75, 3.05) is 22.4 Å². The Labute approximate surface area is 148 Å². The quantitative estimate of drug-likeness (QED) is 0.824. The van der Waals surface area contributed by atoms with Gasteiger partial charge in [0.2, 0.25) is 15.9 Å². The maximum atomic E-state index is 12.2. The molecule has 1 N–H and O–H groups in total. The molecule has 2 aromatic rings. The second kappa shape index (κ2) is 7.47. The Hall–Kier alpha value is -2.37. The summed E-state index contributed by atoms with van der Waals surface area (Å²) in [5.41, 5.74) is 1.30. The number of carbonyl (C=O) groups is 1. The highest BCUT2D eigenvalue weighted by atomic mass is 79.9. The molecule has 0 radical (unpaired) electrons. The minimum absolute atomic E-state index is 0.322. The van der Waals surface area contributed by atoms with E-state index in [0.29, 0.717) is 16.9 Å². The molecule has 0 aliphatic carbocycles. The largest absolute Gasteiger partial charge is 0.325 e. The van der Waals surface area contributed by atoms with Crippen molar-refractivity contribution in [1.29, 1.82) is 5.26 Å². The summed E-state index contributed by atoms with van der Waals surface area (Å²) in [7, 11) is -3.65. The number of halogens is 1. The van der Waals surface area contributed by atoms with Gasteiger partial charge < -0.3 is 5.32 Å². The van der Waals surface area contributed by atoms with Gasteiger partial charge in [-0.05, 0) is 48.5 Å². The normalized spacial score (nSPS) is 10.7. The Balaban J connectivity index is 2.18. The van der Waals surface area contributed by atoms with Crippen LogP contribution in [0.15, 0.2) is 53.0 Å². The van der Waals surface area contributed by atoms with E-state index in [4.69, 9.17) is 5.26 Å². The molecule has 0 unspecified atom stereocenters. The van der Waals surface area contributed by atoms with E-state index >= 15 is 0 Å². The number of rotatable bonds is 5. The fourth-order valence-electron chi connectivity index (χ4n) is 1.97. The maximum Gasteiger partial charge on any atom is 0.245 e. The molecule has 1 amide bonds. The average molecular weight is 408 g/mol. The average Bonchev–Trinajstić information content (AvgIpc) is 2.54. The molecule has 0 saturated carbocycles. The molecule has 8 heteroatoms. The van der Waals surface area contributed by atoms with Crippen LogP contribution in [0.1, 0.15) is 5.56 Å². The smallest absolute Gasteiger partial charge is 0.245 e. The predicted octanol–water partition coefficient (Wildman–Crippen LogP) is 2.73. The number of anilines is 2. The van der Waals surface area contributed by atoms with E-state index in [2.05, 4.69) is 21.2 Å². The molecule has 0 heterocycles. The van der Waals surface area contributed by atoms with Gasteiger partial charge in [-0.15, -0.1) is 0 Å². The highest BCUT2D eigenvalue weighted by molar-refractivity contribution is 9.10. The summed E-state index contributed by atoms with van der Waals surface area (Å²) in [6.45, 7) is -0.360. The first kappa shape index (κ1) is 18.0. The number of hydrogen-bond acceptors (Lipinski definition) is 4. The van der Waals surface area contributed by atoms with Crippen LogP contribution in [0.2, 0.25) is 0 Å². The van der Waals surface area contributed by atoms with E-state index in [1.54, 1.807) is 24.3 Å². The first-order valence-corrected chi connectivity index (χ1v) is 9.47. The number of sulfonamides is 1. The van der Waals surface area contributed by atoms with Crippen molar-refractivity contribution >= 4 is 43.2 Å². The van der Waals surface area contributed by atoms with Crippen molar-refractivity contribution in [3.8, 4) is 6.07 Å². The molecule has 2 aromatic carbocycles. The first-order chi connectivity index (χ1) is 11.3. The van der Waals surface area contributed by atoms with Gasteiger partial charge >= 0.3 is 0 Å². The minimum atomic E-state index is -3.65. The van der Waals surface area contributed by atoms with Crippen molar-refractivity contribution in [3.63, 3.8) is 0 Å². The van der Waals surface area contributed by atoms with E-state index in [9.17, 15) is 13.2 Å². The summed E-state index contributed by atoms with van der Waals surface area (Å²) < 4.78 is 25.8. The third kappa shape index (κ3) is 4.81. The summed E-state index contributed by atoms with van der Waals surface area (Å²) in [6, 6.07) is 14.9. The van der Waals surface area contributed by atoms with Crippen molar-refractivity contribution in [3.05, 3.63) is 58.6 Å². The van der Waals surface area contributed by atoms with Crippen molar-refractivity contribution in [2.45, 2.75) is 0 Å². The third-order valence-electron chi connectivity index (χ3n) is 3.10. The Kier molecular flexibility index (Phi) is 5.59. The molecule has 0 aliphatic rings. The number of hydrogen-bond donors (Lipinski definition) is 1. The molecule has 0 aromatic heterocycles. The van der Waals surface area contributed by atoms with Crippen LogP contribution >= 0.6 is 15.9 Å². The zero-order valence-electron chi connectivity index (χ0n) is 12.7. The number of amides is 1. The van der Waals surface area contributed by atoms with Gasteiger partial charge in [-0.2, -0.15) is 5.26 Å². The number of benzene rings is 2. The molecule has 0 saturated heterocycles. The van der Waals surface area contributed by atoms with Crippen LogP contribution in [0.3, 0.4) is 0 Å². The van der Waals surface area contributed by atoms with Crippen LogP contribution in [-0.4, -0.2) is 27.1 Å². The standard InChI is InChI=1S/C16H14BrN3O3S/c1-24(22,23)20(15-8-2-12(10-18)3-9-15)11-16(21)19-14-6-4-13(17)5-7-14/h2-9H,11H2,1H3,(H,19,21). The molecule has 124 valence electrons. The van der Waals surface area contributed by atoms with Crippen LogP contribution in [0.5, 0.6) is 0 Å². The Morgan fingerprint density at radius 2 is 1.75 bits per heavy atom. The number of carbonyl (C=O) groups excluding carboxylic acids is 1. The SMILES string of the molecule is CS(=O)(=O)N(CC(=O)Nc1ccc(Br)cc1)c1ccc(C#N)cc1. The molecular weight excluding hydrogens is 394 g/mol. The van der Waals surface area contributed by atoms with Gasteiger partial charge in [-0.25, -0.2) is 8.42 Å². The van der Waals surface area contributed by atoms with Crippen molar-refractivity contribution < 1.29 is 13.2 Å². The monoisotopic (exact) mass is 407 g/mol. The summed E-state index contributed by atoms with van der Waals surface area (Å²) in [4.78, 5) is 12.2. The highest BCUT2D eigenvalue weighted by Crippen LogP contribution is 2.19. The van der Waals surface area contributed by atoms with Crippen LogP contribution in [0.25, 0.3) is 0 Å². The fraction of sp³-hybridized carbons (Fsp3) is 0.125. The van der Waals surface area contributed by atoms with Crippen molar-refractivity contribution in [1.82, 2.24) is 0 Å². The van der Waals surface area contributed by atoms with E-state index in [0.717, 1.165) is 15.0 Å². The van der Waals surface area contributed by atoms with E-state index < -0.39 is 15.9 Å². The van der Waals surface area contributed by atoms with Gasteiger partial charge in [-0.1, -0.05) is 15.9 Å².